The van der Waals surface area contributed by atoms with Crippen LogP contribution in [0.5, 0.6) is 5.75 Å². The molecule has 2 aromatic rings. The summed E-state index contributed by atoms with van der Waals surface area (Å²) in [7, 11) is 1.60. The smallest absolute Gasteiger partial charge is 0.287 e. The van der Waals surface area contributed by atoms with Crippen molar-refractivity contribution in [3.63, 3.8) is 0 Å². The van der Waals surface area contributed by atoms with Crippen molar-refractivity contribution in [2.45, 2.75) is 0 Å². The van der Waals surface area contributed by atoms with Crippen LogP contribution < -0.4 is 4.74 Å². The van der Waals surface area contributed by atoms with Crippen molar-refractivity contribution in [2.24, 2.45) is 0 Å². The van der Waals surface area contributed by atoms with Crippen LogP contribution in [0, 0.1) is 0 Å². The SMILES string of the molecule is COc1ccc(-c2ccc(C(=O)Cl)o2)c(Br)c1. The minimum Gasteiger partial charge on any atom is -0.497 e. The highest BCUT2D eigenvalue weighted by atomic mass is 79.9. The zero-order chi connectivity index (χ0) is 12.4. The van der Waals surface area contributed by atoms with E-state index in [1.807, 2.05) is 18.2 Å². The number of furan rings is 1. The Morgan fingerprint density at radius 1 is 1.35 bits per heavy atom. The van der Waals surface area contributed by atoms with Gasteiger partial charge in [-0.05, 0) is 57.9 Å². The molecule has 0 radical (unpaired) electrons. The molecule has 0 N–H and O–H groups in total. The quantitative estimate of drug-likeness (QED) is 0.801. The highest BCUT2D eigenvalue weighted by Gasteiger charge is 2.12. The Labute approximate surface area is 111 Å². The molecule has 1 aromatic carbocycles. The fourth-order valence-corrected chi connectivity index (χ4v) is 2.07. The lowest BCUT2D eigenvalue weighted by Gasteiger charge is -2.04. The highest BCUT2D eigenvalue weighted by Crippen LogP contribution is 2.32. The number of ether oxygens (including phenoxy) is 1. The topological polar surface area (TPSA) is 39.4 Å². The molecule has 5 heteroatoms. The standard InChI is InChI=1S/C12H8BrClO3/c1-16-7-2-3-8(9(13)6-7)10-4-5-11(17-10)12(14)15/h2-6H,1H3. The van der Waals surface area contributed by atoms with E-state index in [-0.39, 0.29) is 5.76 Å². The van der Waals surface area contributed by atoms with Crippen molar-refractivity contribution < 1.29 is 13.9 Å². The average molecular weight is 316 g/mol. The van der Waals surface area contributed by atoms with Crippen LogP contribution in [-0.2, 0) is 0 Å². The Bertz CT molecular complexity index is 563. The average Bonchev–Trinajstić information content (AvgIpc) is 2.78. The van der Waals surface area contributed by atoms with Crippen LogP contribution in [0.15, 0.2) is 39.2 Å². The van der Waals surface area contributed by atoms with Crippen LogP contribution in [0.2, 0.25) is 0 Å². The lowest BCUT2D eigenvalue weighted by Crippen LogP contribution is -1.84. The molecular weight excluding hydrogens is 307 g/mol. The van der Waals surface area contributed by atoms with E-state index in [4.69, 9.17) is 20.8 Å². The molecular formula is C12H8BrClO3. The van der Waals surface area contributed by atoms with E-state index in [1.54, 1.807) is 19.2 Å². The van der Waals surface area contributed by atoms with E-state index < -0.39 is 5.24 Å². The van der Waals surface area contributed by atoms with Gasteiger partial charge in [0.25, 0.3) is 5.24 Å². The van der Waals surface area contributed by atoms with Gasteiger partial charge < -0.3 is 9.15 Å². The number of rotatable bonds is 3. The van der Waals surface area contributed by atoms with E-state index in [0.717, 1.165) is 15.8 Å². The molecule has 88 valence electrons. The van der Waals surface area contributed by atoms with Gasteiger partial charge in [0.2, 0.25) is 0 Å². The zero-order valence-electron chi connectivity index (χ0n) is 8.87. The van der Waals surface area contributed by atoms with Crippen LogP contribution in [0.1, 0.15) is 10.6 Å². The number of methoxy groups -OCH3 is 1. The van der Waals surface area contributed by atoms with Gasteiger partial charge >= 0.3 is 0 Å². The summed E-state index contributed by atoms with van der Waals surface area (Å²) in [5.41, 5.74) is 0.829. The summed E-state index contributed by atoms with van der Waals surface area (Å²) in [4.78, 5) is 10.9. The summed E-state index contributed by atoms with van der Waals surface area (Å²) in [6.45, 7) is 0. The van der Waals surface area contributed by atoms with Crippen LogP contribution >= 0.6 is 27.5 Å². The number of halogens is 2. The van der Waals surface area contributed by atoms with Crippen molar-refractivity contribution in [1.29, 1.82) is 0 Å². The largest absolute Gasteiger partial charge is 0.497 e. The van der Waals surface area contributed by atoms with E-state index in [0.29, 0.717) is 5.76 Å². The number of hydrogen-bond acceptors (Lipinski definition) is 3. The molecule has 2 rings (SSSR count). The first-order valence-corrected chi connectivity index (χ1v) is 5.92. The second-order valence-electron chi connectivity index (χ2n) is 3.28. The van der Waals surface area contributed by atoms with Crippen LogP contribution in [0.25, 0.3) is 11.3 Å². The Morgan fingerprint density at radius 3 is 2.65 bits per heavy atom. The molecule has 0 aliphatic carbocycles. The van der Waals surface area contributed by atoms with E-state index in [2.05, 4.69) is 15.9 Å². The lowest BCUT2D eigenvalue weighted by molar-refractivity contribution is 0.105. The first-order valence-electron chi connectivity index (χ1n) is 4.75. The molecule has 0 amide bonds. The number of carbonyl (C=O) groups excluding carboxylic acids is 1. The summed E-state index contributed by atoms with van der Waals surface area (Å²) in [6.07, 6.45) is 0. The van der Waals surface area contributed by atoms with Crippen molar-refractivity contribution in [2.75, 3.05) is 7.11 Å². The normalized spacial score (nSPS) is 10.3. The predicted octanol–water partition coefficient (Wildman–Crippen LogP) is 4.10. The second kappa shape index (κ2) is 4.94. The molecule has 0 atom stereocenters. The molecule has 0 saturated carbocycles. The first kappa shape index (κ1) is 12.2. The summed E-state index contributed by atoms with van der Waals surface area (Å²) >= 11 is 8.74. The fraction of sp³-hybridized carbons (Fsp3) is 0.0833. The molecule has 0 aliphatic heterocycles. The third-order valence-corrected chi connectivity index (χ3v) is 3.08. The van der Waals surface area contributed by atoms with Crippen molar-refractivity contribution in [3.05, 3.63) is 40.6 Å². The van der Waals surface area contributed by atoms with Crippen LogP contribution in [0.3, 0.4) is 0 Å². The Morgan fingerprint density at radius 2 is 2.12 bits per heavy atom. The molecule has 1 aromatic heterocycles. The number of benzene rings is 1. The van der Waals surface area contributed by atoms with E-state index in [9.17, 15) is 4.79 Å². The Balaban J connectivity index is 2.42. The molecule has 0 fully saturated rings. The number of hydrogen-bond donors (Lipinski definition) is 0. The zero-order valence-corrected chi connectivity index (χ0v) is 11.2. The van der Waals surface area contributed by atoms with Gasteiger partial charge in [-0.3, -0.25) is 4.79 Å². The molecule has 0 spiro atoms. The summed E-state index contributed by atoms with van der Waals surface area (Å²) < 4.78 is 11.2. The molecule has 3 nitrogen and oxygen atoms in total. The van der Waals surface area contributed by atoms with Crippen LogP contribution in [-0.4, -0.2) is 12.4 Å². The molecule has 17 heavy (non-hydrogen) atoms. The molecule has 1 heterocycles. The summed E-state index contributed by atoms with van der Waals surface area (Å²) in [6, 6.07) is 8.71. The third-order valence-electron chi connectivity index (χ3n) is 2.24. The van der Waals surface area contributed by atoms with Gasteiger partial charge in [0.1, 0.15) is 11.5 Å². The molecule has 0 aliphatic rings. The van der Waals surface area contributed by atoms with Gasteiger partial charge in [-0.2, -0.15) is 0 Å². The molecule has 0 saturated heterocycles. The van der Waals surface area contributed by atoms with Crippen molar-refractivity contribution in [1.82, 2.24) is 0 Å². The molecule has 0 unspecified atom stereocenters. The monoisotopic (exact) mass is 314 g/mol. The predicted molar refractivity (Wildman–Crippen MR) is 68.6 cm³/mol. The van der Waals surface area contributed by atoms with E-state index in [1.165, 1.54) is 0 Å². The number of carbonyl (C=O) groups is 1. The maximum absolute atomic E-state index is 10.9. The van der Waals surface area contributed by atoms with Gasteiger partial charge in [0.15, 0.2) is 5.76 Å². The Hall–Kier alpha value is -1.26. The minimum absolute atomic E-state index is 0.129. The lowest BCUT2D eigenvalue weighted by atomic mass is 10.2. The summed E-state index contributed by atoms with van der Waals surface area (Å²) in [5.74, 6) is 1.44. The molecule has 0 bridgehead atoms. The highest BCUT2D eigenvalue weighted by molar-refractivity contribution is 9.10. The maximum atomic E-state index is 10.9. The van der Waals surface area contributed by atoms with Gasteiger partial charge in [0.05, 0.1) is 7.11 Å². The fourth-order valence-electron chi connectivity index (χ4n) is 1.41. The maximum Gasteiger partial charge on any atom is 0.287 e. The van der Waals surface area contributed by atoms with Crippen molar-refractivity contribution in [3.8, 4) is 17.1 Å². The van der Waals surface area contributed by atoms with Gasteiger partial charge in [0, 0.05) is 10.0 Å². The minimum atomic E-state index is -0.610. The van der Waals surface area contributed by atoms with Gasteiger partial charge in [-0.15, -0.1) is 0 Å². The third kappa shape index (κ3) is 2.53. The van der Waals surface area contributed by atoms with Crippen LogP contribution in [0.4, 0.5) is 0 Å². The second-order valence-corrected chi connectivity index (χ2v) is 4.48. The summed E-state index contributed by atoms with van der Waals surface area (Å²) in [5, 5.41) is -0.610. The van der Waals surface area contributed by atoms with Gasteiger partial charge in [-0.25, -0.2) is 0 Å². The van der Waals surface area contributed by atoms with E-state index >= 15 is 0 Å². The van der Waals surface area contributed by atoms with Gasteiger partial charge in [-0.1, -0.05) is 0 Å². The Kier molecular flexibility index (Phi) is 3.54. The van der Waals surface area contributed by atoms with Crippen molar-refractivity contribution >= 4 is 32.8 Å². The first-order chi connectivity index (χ1) is 8.11.